The van der Waals surface area contributed by atoms with Crippen LogP contribution in [0.1, 0.15) is 18.3 Å². The first-order chi connectivity index (χ1) is 17.9. The molecule has 196 valence electrons. The average molecular weight is 510 g/mol. The number of anilines is 1. The van der Waals surface area contributed by atoms with Crippen LogP contribution < -0.4 is 10.6 Å². The summed E-state index contributed by atoms with van der Waals surface area (Å²) in [5.41, 5.74) is 1.13. The number of urea groups is 1. The second-order valence-corrected chi connectivity index (χ2v) is 9.76. The number of ether oxygens (including phenoxy) is 2. The van der Waals surface area contributed by atoms with E-state index in [9.17, 15) is 9.18 Å². The number of hydrogen-bond donors (Lipinski definition) is 2. The second-order valence-electron chi connectivity index (χ2n) is 9.76. The van der Waals surface area contributed by atoms with Gasteiger partial charge in [0.1, 0.15) is 11.5 Å². The van der Waals surface area contributed by atoms with Gasteiger partial charge in [-0.2, -0.15) is 5.10 Å². The molecule has 1 aromatic carbocycles. The van der Waals surface area contributed by atoms with Crippen LogP contribution >= 0.6 is 0 Å². The van der Waals surface area contributed by atoms with Gasteiger partial charge in [0.2, 0.25) is 5.67 Å². The summed E-state index contributed by atoms with van der Waals surface area (Å²) in [5.74, 6) is 0.957. The highest BCUT2D eigenvalue weighted by atomic mass is 19.1. The maximum absolute atomic E-state index is 14.6. The smallest absolute Gasteiger partial charge is 0.320 e. The van der Waals surface area contributed by atoms with E-state index in [0.29, 0.717) is 29.6 Å². The van der Waals surface area contributed by atoms with E-state index in [4.69, 9.17) is 14.6 Å². The van der Waals surface area contributed by atoms with Gasteiger partial charge in [0.25, 0.3) is 0 Å². The molecule has 0 saturated carbocycles. The Hall–Kier alpha value is -3.41. The average Bonchev–Trinajstić information content (AvgIpc) is 3.40. The summed E-state index contributed by atoms with van der Waals surface area (Å²) in [6.45, 7) is 7.10. The Balaban J connectivity index is 1.38. The van der Waals surface area contributed by atoms with E-state index in [2.05, 4.69) is 32.4 Å². The van der Waals surface area contributed by atoms with E-state index < -0.39 is 5.67 Å². The molecule has 2 N–H and O–H groups in total. The molecular formula is C26H32FN7O3. The number of halogens is 1. The zero-order valence-corrected chi connectivity index (χ0v) is 21.3. The molecule has 2 aliphatic rings. The van der Waals surface area contributed by atoms with E-state index in [0.717, 1.165) is 30.9 Å². The Labute approximate surface area is 215 Å². The zero-order valence-electron chi connectivity index (χ0n) is 21.3. The normalized spacial score (nSPS) is 21.0. The van der Waals surface area contributed by atoms with Crippen LogP contribution in [0.3, 0.4) is 0 Å². The zero-order chi connectivity index (χ0) is 26.0. The number of likely N-dealkylation sites (tertiary alicyclic amines) is 1. The molecule has 5 rings (SSSR count). The lowest BCUT2D eigenvalue weighted by Gasteiger charge is -2.31. The predicted molar refractivity (Wildman–Crippen MR) is 136 cm³/mol. The topological polar surface area (TPSA) is 106 Å². The van der Waals surface area contributed by atoms with Gasteiger partial charge < -0.3 is 14.8 Å². The SMILES string of the molecule is COCCN1C[C@@H](C)[C@H](NC(=O)Nc2c(C)c(-c3cnc(C4(F)COC4)nc3)nn2-c2ccccc2)C1. The number of carbonyl (C=O) groups is 1. The van der Waals surface area contributed by atoms with Crippen LogP contribution in [-0.2, 0) is 15.1 Å². The fourth-order valence-electron chi connectivity index (χ4n) is 4.74. The molecule has 0 bridgehead atoms. The van der Waals surface area contributed by atoms with E-state index in [-0.39, 0.29) is 31.1 Å². The fourth-order valence-corrected chi connectivity index (χ4v) is 4.74. The molecule has 3 aromatic rings. The molecule has 4 heterocycles. The lowest BCUT2D eigenvalue weighted by Crippen LogP contribution is -2.43. The third kappa shape index (κ3) is 5.20. The summed E-state index contributed by atoms with van der Waals surface area (Å²) < 4.78 is 26.5. The number of amides is 2. The van der Waals surface area contributed by atoms with Crippen molar-refractivity contribution in [1.29, 1.82) is 0 Å². The number of para-hydroxylation sites is 1. The molecule has 2 amide bonds. The fraction of sp³-hybridized carbons (Fsp3) is 0.462. The monoisotopic (exact) mass is 509 g/mol. The summed E-state index contributed by atoms with van der Waals surface area (Å²) in [5, 5.41) is 10.9. The summed E-state index contributed by atoms with van der Waals surface area (Å²) in [6, 6.07) is 9.28. The molecule has 2 saturated heterocycles. The van der Waals surface area contributed by atoms with Crippen molar-refractivity contribution >= 4 is 11.8 Å². The minimum absolute atomic E-state index is 0.0224. The van der Waals surface area contributed by atoms with Crippen molar-refractivity contribution < 1.29 is 18.7 Å². The quantitative estimate of drug-likeness (QED) is 0.481. The van der Waals surface area contributed by atoms with Crippen molar-refractivity contribution in [1.82, 2.24) is 30.0 Å². The van der Waals surface area contributed by atoms with Gasteiger partial charge in [0, 0.05) is 56.3 Å². The van der Waals surface area contributed by atoms with Crippen molar-refractivity contribution in [2.45, 2.75) is 25.6 Å². The first-order valence-corrected chi connectivity index (χ1v) is 12.4. The number of rotatable bonds is 8. The Bertz CT molecular complexity index is 1230. The standard InChI is InChI=1S/C26H32FN7O3/c1-17-13-33(9-10-36-3)14-21(17)30-25(35)31-23-18(2)22(32-34(23)20-7-5-4-6-8-20)19-11-28-24(29-12-19)26(27)15-37-16-26/h4-8,11-12,17,21H,9-10,13-16H2,1-3H3,(H2,30,31,35)/t17-,21-/m1/s1. The number of carbonyl (C=O) groups excluding carboxylic acids is 1. The van der Waals surface area contributed by atoms with Gasteiger partial charge in [0.15, 0.2) is 5.82 Å². The van der Waals surface area contributed by atoms with Crippen LogP contribution in [0.2, 0.25) is 0 Å². The maximum Gasteiger partial charge on any atom is 0.320 e. The summed E-state index contributed by atoms with van der Waals surface area (Å²) in [7, 11) is 1.69. The Morgan fingerprint density at radius 1 is 1.22 bits per heavy atom. The third-order valence-electron chi connectivity index (χ3n) is 6.96. The number of nitrogens with zero attached hydrogens (tertiary/aromatic N) is 5. The van der Waals surface area contributed by atoms with Crippen molar-refractivity contribution in [3.8, 4) is 16.9 Å². The summed E-state index contributed by atoms with van der Waals surface area (Å²) in [6.07, 6.45) is 3.12. The molecule has 37 heavy (non-hydrogen) atoms. The van der Waals surface area contributed by atoms with Gasteiger partial charge in [0.05, 0.1) is 25.5 Å². The molecule has 0 spiro atoms. The summed E-state index contributed by atoms with van der Waals surface area (Å²) >= 11 is 0. The van der Waals surface area contributed by atoms with Gasteiger partial charge in [-0.3, -0.25) is 10.2 Å². The Morgan fingerprint density at radius 2 is 1.95 bits per heavy atom. The lowest BCUT2D eigenvalue weighted by atomic mass is 10.0. The van der Waals surface area contributed by atoms with Crippen molar-refractivity contribution in [2.75, 3.05) is 51.9 Å². The van der Waals surface area contributed by atoms with E-state index >= 15 is 0 Å². The second kappa shape index (κ2) is 10.5. The minimum Gasteiger partial charge on any atom is -0.383 e. The molecule has 2 aliphatic heterocycles. The summed E-state index contributed by atoms with van der Waals surface area (Å²) in [4.78, 5) is 23.9. The highest BCUT2D eigenvalue weighted by Crippen LogP contribution is 2.33. The first kappa shape index (κ1) is 25.2. The predicted octanol–water partition coefficient (Wildman–Crippen LogP) is 2.92. The molecular weight excluding hydrogens is 477 g/mol. The van der Waals surface area contributed by atoms with Crippen molar-refractivity contribution in [3.05, 3.63) is 54.1 Å². The van der Waals surface area contributed by atoms with Gasteiger partial charge in [-0.15, -0.1) is 0 Å². The molecule has 2 aromatic heterocycles. The first-order valence-electron chi connectivity index (χ1n) is 12.4. The van der Waals surface area contributed by atoms with Crippen molar-refractivity contribution in [2.24, 2.45) is 5.92 Å². The third-order valence-corrected chi connectivity index (χ3v) is 6.96. The molecule has 2 atom stereocenters. The van der Waals surface area contributed by atoms with Crippen LogP contribution in [0.4, 0.5) is 15.0 Å². The van der Waals surface area contributed by atoms with Crippen molar-refractivity contribution in [3.63, 3.8) is 0 Å². The maximum atomic E-state index is 14.6. The number of methoxy groups -OCH3 is 1. The van der Waals surface area contributed by atoms with Crippen LogP contribution in [0.25, 0.3) is 16.9 Å². The molecule has 0 unspecified atom stereocenters. The number of benzene rings is 1. The molecule has 10 nitrogen and oxygen atoms in total. The Kier molecular flexibility index (Phi) is 7.18. The minimum atomic E-state index is -1.64. The number of alkyl halides is 1. The molecule has 11 heteroatoms. The largest absolute Gasteiger partial charge is 0.383 e. The number of nitrogens with one attached hydrogen (secondary N) is 2. The number of hydrogen-bond acceptors (Lipinski definition) is 7. The van der Waals surface area contributed by atoms with E-state index in [1.165, 1.54) is 0 Å². The van der Waals surface area contributed by atoms with Crippen LogP contribution in [0.5, 0.6) is 0 Å². The van der Waals surface area contributed by atoms with Gasteiger partial charge in [-0.1, -0.05) is 25.1 Å². The molecule has 0 aliphatic carbocycles. The van der Waals surface area contributed by atoms with E-state index in [1.54, 1.807) is 24.2 Å². The van der Waals surface area contributed by atoms with Gasteiger partial charge in [-0.25, -0.2) is 23.8 Å². The number of aromatic nitrogens is 4. The highest BCUT2D eigenvalue weighted by molar-refractivity contribution is 5.91. The highest BCUT2D eigenvalue weighted by Gasteiger charge is 2.43. The molecule has 0 radical (unpaired) electrons. The van der Waals surface area contributed by atoms with E-state index in [1.807, 2.05) is 37.3 Å². The Morgan fingerprint density at radius 3 is 2.59 bits per heavy atom. The van der Waals surface area contributed by atoms with Crippen LogP contribution in [-0.4, -0.2) is 83.3 Å². The molecule has 2 fully saturated rings. The van der Waals surface area contributed by atoms with Gasteiger partial charge in [-0.05, 0) is 25.0 Å². The van der Waals surface area contributed by atoms with Crippen LogP contribution in [0, 0.1) is 12.8 Å². The lowest BCUT2D eigenvalue weighted by molar-refractivity contribution is -0.140. The van der Waals surface area contributed by atoms with Gasteiger partial charge >= 0.3 is 6.03 Å². The van der Waals surface area contributed by atoms with Crippen LogP contribution in [0.15, 0.2) is 42.7 Å².